The van der Waals surface area contributed by atoms with E-state index < -0.39 is 10.0 Å². The van der Waals surface area contributed by atoms with Crippen molar-refractivity contribution in [2.45, 2.75) is 62.8 Å². The largest absolute Gasteiger partial charge is 0.336 e. The van der Waals surface area contributed by atoms with Gasteiger partial charge in [0.15, 0.2) is 0 Å². The van der Waals surface area contributed by atoms with Gasteiger partial charge in [-0.2, -0.15) is 4.31 Å². The van der Waals surface area contributed by atoms with E-state index in [9.17, 15) is 13.2 Å². The topological polar surface area (TPSA) is 57.7 Å². The van der Waals surface area contributed by atoms with Crippen LogP contribution in [0.2, 0.25) is 0 Å². The van der Waals surface area contributed by atoms with E-state index in [1.807, 2.05) is 11.8 Å². The molecule has 3 rings (SSSR count). The van der Waals surface area contributed by atoms with Gasteiger partial charge in [-0.05, 0) is 50.8 Å². The van der Waals surface area contributed by atoms with Crippen LogP contribution in [-0.2, 0) is 10.0 Å². The Morgan fingerprint density at radius 2 is 1.80 bits per heavy atom. The number of rotatable bonds is 5. The molecule has 2 fully saturated rings. The second-order valence-electron chi connectivity index (χ2n) is 7.02. The Labute approximate surface area is 151 Å². The van der Waals surface area contributed by atoms with E-state index in [0.717, 1.165) is 44.9 Å². The maximum Gasteiger partial charge on any atom is 0.254 e. The van der Waals surface area contributed by atoms with Crippen LogP contribution in [0.1, 0.15) is 62.2 Å². The molecule has 0 spiro atoms. The number of carbonyl (C=O) groups is 1. The second-order valence-corrected chi connectivity index (χ2v) is 8.96. The van der Waals surface area contributed by atoms with Gasteiger partial charge < -0.3 is 4.90 Å². The Bertz CT molecular complexity index is 705. The zero-order valence-corrected chi connectivity index (χ0v) is 15.8. The molecule has 138 valence electrons. The van der Waals surface area contributed by atoms with Crippen LogP contribution in [0.4, 0.5) is 0 Å². The highest BCUT2D eigenvalue weighted by Crippen LogP contribution is 2.26. The molecule has 1 saturated carbocycles. The Hall–Kier alpha value is -1.40. The first-order valence-electron chi connectivity index (χ1n) is 9.45. The average Bonchev–Trinajstić information content (AvgIpc) is 3.17. The average molecular weight is 365 g/mol. The molecule has 0 radical (unpaired) electrons. The highest BCUT2D eigenvalue weighted by atomic mass is 32.2. The summed E-state index contributed by atoms with van der Waals surface area (Å²) in [7, 11) is -3.51. The minimum absolute atomic E-state index is 0.0508. The Morgan fingerprint density at radius 1 is 1.12 bits per heavy atom. The number of nitrogens with zero attached hydrogens (tertiary/aromatic N) is 2. The van der Waals surface area contributed by atoms with E-state index >= 15 is 0 Å². The van der Waals surface area contributed by atoms with Gasteiger partial charge in [-0.1, -0.05) is 25.3 Å². The molecule has 0 unspecified atom stereocenters. The molecule has 1 heterocycles. The predicted octanol–water partition coefficient (Wildman–Crippen LogP) is 3.27. The van der Waals surface area contributed by atoms with E-state index in [1.165, 1.54) is 0 Å². The molecule has 5 nitrogen and oxygen atoms in total. The van der Waals surface area contributed by atoms with Crippen molar-refractivity contribution in [1.82, 2.24) is 9.21 Å². The minimum Gasteiger partial charge on any atom is -0.336 e. The Balaban J connectivity index is 1.84. The van der Waals surface area contributed by atoms with Crippen molar-refractivity contribution in [2.75, 3.05) is 19.6 Å². The summed E-state index contributed by atoms with van der Waals surface area (Å²) < 4.78 is 27.3. The summed E-state index contributed by atoms with van der Waals surface area (Å²) in [6.07, 6.45) is 7.32. The van der Waals surface area contributed by atoms with Crippen molar-refractivity contribution in [3.8, 4) is 0 Å². The van der Waals surface area contributed by atoms with Gasteiger partial charge in [0.1, 0.15) is 0 Å². The molecule has 1 saturated heterocycles. The molecule has 1 aromatic rings. The number of piperidine rings is 1. The first-order chi connectivity index (χ1) is 12.0. The molecule has 0 atom stereocenters. The second kappa shape index (κ2) is 7.87. The van der Waals surface area contributed by atoms with Crippen LogP contribution < -0.4 is 0 Å². The van der Waals surface area contributed by atoms with Crippen molar-refractivity contribution in [3.05, 3.63) is 29.8 Å². The summed E-state index contributed by atoms with van der Waals surface area (Å²) in [5.41, 5.74) is 0.479. The summed E-state index contributed by atoms with van der Waals surface area (Å²) in [5.74, 6) is -0.0508. The monoisotopic (exact) mass is 364 g/mol. The van der Waals surface area contributed by atoms with Crippen LogP contribution in [0.5, 0.6) is 0 Å². The van der Waals surface area contributed by atoms with Gasteiger partial charge >= 0.3 is 0 Å². The van der Waals surface area contributed by atoms with Crippen molar-refractivity contribution < 1.29 is 13.2 Å². The molecule has 0 aromatic heterocycles. The summed E-state index contributed by atoms with van der Waals surface area (Å²) in [6.45, 7) is 3.80. The summed E-state index contributed by atoms with van der Waals surface area (Å²) >= 11 is 0. The molecule has 0 N–H and O–H groups in total. The molecular weight excluding hydrogens is 336 g/mol. The Morgan fingerprint density at radius 3 is 2.44 bits per heavy atom. The van der Waals surface area contributed by atoms with Crippen LogP contribution in [-0.4, -0.2) is 49.2 Å². The lowest BCUT2D eigenvalue weighted by Gasteiger charge is -2.28. The van der Waals surface area contributed by atoms with Gasteiger partial charge in [0.2, 0.25) is 10.0 Å². The van der Waals surface area contributed by atoms with Crippen molar-refractivity contribution in [3.63, 3.8) is 0 Å². The molecule has 6 heteroatoms. The number of hydrogen-bond donors (Lipinski definition) is 0. The molecule has 1 amide bonds. The third-order valence-corrected chi connectivity index (χ3v) is 7.30. The van der Waals surface area contributed by atoms with Gasteiger partial charge in [0.05, 0.1) is 4.90 Å². The van der Waals surface area contributed by atoms with Crippen molar-refractivity contribution in [1.29, 1.82) is 0 Å². The maximum atomic E-state index is 12.9. The fourth-order valence-electron chi connectivity index (χ4n) is 3.99. The van der Waals surface area contributed by atoms with Crippen molar-refractivity contribution >= 4 is 15.9 Å². The molecule has 1 aliphatic heterocycles. The molecule has 0 bridgehead atoms. The van der Waals surface area contributed by atoms with Crippen LogP contribution in [0.15, 0.2) is 29.2 Å². The number of carbonyl (C=O) groups excluding carboxylic acids is 1. The molecule has 25 heavy (non-hydrogen) atoms. The van der Waals surface area contributed by atoms with Crippen LogP contribution in [0.25, 0.3) is 0 Å². The lowest BCUT2D eigenvalue weighted by molar-refractivity contribution is 0.0693. The SMILES string of the molecule is CCN(C(=O)c1cccc(S(=O)(=O)N2CCCCC2)c1)C1CCCC1. The highest BCUT2D eigenvalue weighted by Gasteiger charge is 2.29. The van der Waals surface area contributed by atoms with Crippen molar-refractivity contribution in [2.24, 2.45) is 0 Å². The predicted molar refractivity (Wildman–Crippen MR) is 98.0 cm³/mol. The molecule has 1 aliphatic carbocycles. The molecular formula is C19H28N2O3S. The number of sulfonamides is 1. The van der Waals surface area contributed by atoms with E-state index in [0.29, 0.717) is 31.2 Å². The lowest BCUT2D eigenvalue weighted by Crippen LogP contribution is -2.39. The third-order valence-electron chi connectivity index (χ3n) is 5.40. The first kappa shape index (κ1) is 18.4. The normalized spacial score (nSPS) is 19.9. The smallest absolute Gasteiger partial charge is 0.254 e. The number of amides is 1. The van der Waals surface area contributed by atoms with E-state index in [4.69, 9.17) is 0 Å². The summed E-state index contributed by atoms with van der Waals surface area (Å²) in [4.78, 5) is 15.1. The van der Waals surface area contributed by atoms with Gasteiger partial charge in [0.25, 0.3) is 5.91 Å². The van der Waals surface area contributed by atoms with E-state index in [-0.39, 0.29) is 10.8 Å². The standard InChI is InChI=1S/C19H28N2O3S/c1-2-21(17-10-4-5-11-17)19(22)16-9-8-12-18(15-16)25(23,24)20-13-6-3-7-14-20/h8-9,12,15,17H,2-7,10-11,13-14H2,1H3. The summed E-state index contributed by atoms with van der Waals surface area (Å²) in [5, 5.41) is 0. The lowest BCUT2D eigenvalue weighted by atomic mass is 10.1. The van der Waals surface area contributed by atoms with Gasteiger partial charge in [0, 0.05) is 31.2 Å². The third kappa shape index (κ3) is 3.90. The quantitative estimate of drug-likeness (QED) is 0.806. The number of benzene rings is 1. The van der Waals surface area contributed by atoms with Crippen LogP contribution in [0, 0.1) is 0 Å². The number of hydrogen-bond acceptors (Lipinski definition) is 3. The highest BCUT2D eigenvalue weighted by molar-refractivity contribution is 7.89. The fraction of sp³-hybridized carbons (Fsp3) is 0.632. The zero-order valence-electron chi connectivity index (χ0n) is 15.0. The summed E-state index contributed by atoms with van der Waals surface area (Å²) in [6, 6.07) is 6.87. The maximum absolute atomic E-state index is 12.9. The van der Waals surface area contributed by atoms with Crippen LogP contribution in [0.3, 0.4) is 0 Å². The minimum atomic E-state index is -3.51. The zero-order chi connectivity index (χ0) is 17.9. The Kier molecular flexibility index (Phi) is 5.79. The van der Waals surface area contributed by atoms with Gasteiger partial charge in [-0.15, -0.1) is 0 Å². The van der Waals surface area contributed by atoms with Crippen LogP contribution >= 0.6 is 0 Å². The van der Waals surface area contributed by atoms with E-state index in [1.54, 1.807) is 28.6 Å². The fourth-order valence-corrected chi connectivity index (χ4v) is 5.56. The first-order valence-corrected chi connectivity index (χ1v) is 10.9. The van der Waals surface area contributed by atoms with Gasteiger partial charge in [-0.25, -0.2) is 8.42 Å². The van der Waals surface area contributed by atoms with E-state index in [2.05, 4.69) is 0 Å². The molecule has 1 aromatic carbocycles. The van der Waals surface area contributed by atoms with Gasteiger partial charge in [-0.3, -0.25) is 4.79 Å². The molecule has 2 aliphatic rings.